The maximum atomic E-state index is 12.1. The average molecular weight is 312 g/mol. The fourth-order valence-electron chi connectivity index (χ4n) is 2.25. The van der Waals surface area contributed by atoms with Crippen LogP contribution in [0, 0.1) is 0 Å². The topological polar surface area (TPSA) is 71.2 Å². The smallest absolute Gasteiger partial charge is 0.252 e. The van der Waals surface area contributed by atoms with Crippen molar-refractivity contribution in [2.45, 2.75) is 12.8 Å². The summed E-state index contributed by atoms with van der Waals surface area (Å²) in [5.41, 5.74) is 9.13. The molecule has 0 saturated carbocycles. The number of hydrogen-bond acceptors (Lipinski definition) is 4. The van der Waals surface area contributed by atoms with Crippen LogP contribution in [0.5, 0.6) is 0 Å². The highest BCUT2D eigenvalue weighted by molar-refractivity contribution is 5.95. The number of unbranched alkanes of at least 4 members (excludes halogenated alkanes) is 1. The van der Waals surface area contributed by atoms with Gasteiger partial charge in [-0.25, -0.2) is 0 Å². The largest absolute Gasteiger partial charge is 0.378 e. The summed E-state index contributed by atoms with van der Waals surface area (Å²) in [6.45, 7) is 1.29. The predicted octanol–water partition coefficient (Wildman–Crippen LogP) is 2.28. The summed E-state index contributed by atoms with van der Waals surface area (Å²) in [7, 11) is 4.01. The molecule has 1 amide bonds. The Hall–Kier alpha value is -2.40. The third-order valence-electron chi connectivity index (χ3n) is 3.63. The van der Waals surface area contributed by atoms with Crippen LogP contribution < -0.4 is 16.0 Å². The summed E-state index contributed by atoms with van der Waals surface area (Å²) in [5, 5.41) is 2.90. The van der Waals surface area contributed by atoms with Crippen LogP contribution in [-0.4, -0.2) is 38.1 Å². The Morgan fingerprint density at radius 3 is 2.52 bits per heavy atom. The molecule has 5 heteroatoms. The van der Waals surface area contributed by atoms with Crippen molar-refractivity contribution < 1.29 is 4.79 Å². The number of anilines is 1. The van der Waals surface area contributed by atoms with E-state index in [1.165, 1.54) is 0 Å². The van der Waals surface area contributed by atoms with Gasteiger partial charge in [0.2, 0.25) is 0 Å². The Labute approximate surface area is 137 Å². The number of benzene rings is 1. The number of rotatable bonds is 7. The molecule has 0 bridgehead atoms. The number of amides is 1. The van der Waals surface area contributed by atoms with Crippen LogP contribution in [0.2, 0.25) is 0 Å². The Kier molecular flexibility index (Phi) is 6.11. The number of carbonyl (C=O) groups is 1. The molecule has 3 N–H and O–H groups in total. The highest BCUT2D eigenvalue weighted by atomic mass is 16.1. The molecule has 0 atom stereocenters. The molecule has 1 heterocycles. The van der Waals surface area contributed by atoms with Crippen molar-refractivity contribution in [1.82, 2.24) is 10.3 Å². The van der Waals surface area contributed by atoms with E-state index in [0.717, 1.165) is 29.7 Å². The second-order valence-corrected chi connectivity index (χ2v) is 5.66. The molecule has 23 heavy (non-hydrogen) atoms. The average Bonchev–Trinajstić information content (AvgIpc) is 2.59. The van der Waals surface area contributed by atoms with Crippen molar-refractivity contribution in [2.24, 2.45) is 5.73 Å². The lowest BCUT2D eigenvalue weighted by molar-refractivity contribution is 0.0952. The predicted molar refractivity (Wildman–Crippen MR) is 94.6 cm³/mol. The van der Waals surface area contributed by atoms with Crippen molar-refractivity contribution in [2.75, 3.05) is 32.1 Å². The molecule has 0 aliphatic carbocycles. The number of carbonyl (C=O) groups excluding carboxylic acids is 1. The van der Waals surface area contributed by atoms with Gasteiger partial charge in [-0.05, 0) is 43.1 Å². The van der Waals surface area contributed by atoms with Gasteiger partial charge in [-0.1, -0.05) is 12.1 Å². The third kappa shape index (κ3) is 4.79. The van der Waals surface area contributed by atoms with Crippen LogP contribution in [0.3, 0.4) is 0 Å². The van der Waals surface area contributed by atoms with Crippen LogP contribution in [0.4, 0.5) is 5.69 Å². The van der Waals surface area contributed by atoms with E-state index >= 15 is 0 Å². The lowest BCUT2D eigenvalue weighted by Gasteiger charge is -2.13. The summed E-state index contributed by atoms with van der Waals surface area (Å²) >= 11 is 0. The van der Waals surface area contributed by atoms with Crippen LogP contribution in [0.15, 0.2) is 42.7 Å². The first-order chi connectivity index (χ1) is 11.1. The Bertz CT molecular complexity index is 638. The lowest BCUT2D eigenvalue weighted by atomic mass is 10.1. The van der Waals surface area contributed by atoms with E-state index in [1.54, 1.807) is 12.4 Å². The van der Waals surface area contributed by atoms with Gasteiger partial charge in [0.25, 0.3) is 5.91 Å². The fraction of sp³-hybridized carbons (Fsp3) is 0.333. The zero-order valence-corrected chi connectivity index (χ0v) is 13.7. The van der Waals surface area contributed by atoms with Gasteiger partial charge >= 0.3 is 0 Å². The summed E-state index contributed by atoms with van der Waals surface area (Å²) < 4.78 is 0. The standard InChI is InChI=1S/C18H24N4O/c1-22(2)17-7-5-14(6-8-17)15-11-16(13-20-12-15)18(23)21-10-4-3-9-19/h5-8,11-13H,3-4,9-10,19H2,1-2H3,(H,21,23). The minimum Gasteiger partial charge on any atom is -0.378 e. The van der Waals surface area contributed by atoms with Crippen molar-refractivity contribution in [3.05, 3.63) is 48.3 Å². The minimum atomic E-state index is -0.0960. The fourth-order valence-corrected chi connectivity index (χ4v) is 2.25. The minimum absolute atomic E-state index is 0.0960. The van der Waals surface area contributed by atoms with Crippen molar-refractivity contribution in [3.8, 4) is 11.1 Å². The number of nitrogens with one attached hydrogen (secondary N) is 1. The van der Waals surface area contributed by atoms with Gasteiger partial charge in [0.15, 0.2) is 0 Å². The molecule has 0 fully saturated rings. The van der Waals surface area contributed by atoms with Gasteiger partial charge in [0.1, 0.15) is 0 Å². The molecule has 0 spiro atoms. The van der Waals surface area contributed by atoms with E-state index in [2.05, 4.69) is 22.4 Å². The van der Waals surface area contributed by atoms with E-state index < -0.39 is 0 Å². The third-order valence-corrected chi connectivity index (χ3v) is 3.63. The lowest BCUT2D eigenvalue weighted by Crippen LogP contribution is -2.25. The quantitative estimate of drug-likeness (QED) is 0.770. The molecule has 0 aliphatic heterocycles. The van der Waals surface area contributed by atoms with Crippen LogP contribution in [-0.2, 0) is 0 Å². The molecule has 2 rings (SSSR count). The monoisotopic (exact) mass is 312 g/mol. The summed E-state index contributed by atoms with van der Waals surface area (Å²) in [4.78, 5) is 18.4. The van der Waals surface area contributed by atoms with Crippen LogP contribution in [0.25, 0.3) is 11.1 Å². The van der Waals surface area contributed by atoms with Gasteiger partial charge in [0, 0.05) is 44.3 Å². The van der Waals surface area contributed by atoms with Crippen LogP contribution >= 0.6 is 0 Å². The van der Waals surface area contributed by atoms with E-state index in [9.17, 15) is 4.79 Å². The first kappa shape index (κ1) is 17.0. The second-order valence-electron chi connectivity index (χ2n) is 5.66. The highest BCUT2D eigenvalue weighted by Gasteiger charge is 2.07. The van der Waals surface area contributed by atoms with Crippen LogP contribution in [0.1, 0.15) is 23.2 Å². The number of aromatic nitrogens is 1. The molecular weight excluding hydrogens is 288 g/mol. The maximum absolute atomic E-state index is 12.1. The van der Waals surface area contributed by atoms with E-state index in [-0.39, 0.29) is 5.91 Å². The molecule has 5 nitrogen and oxygen atoms in total. The van der Waals surface area contributed by atoms with E-state index in [1.807, 2.05) is 37.2 Å². The summed E-state index contributed by atoms with van der Waals surface area (Å²) in [5.74, 6) is -0.0960. The molecule has 1 aromatic carbocycles. The number of hydrogen-bond donors (Lipinski definition) is 2. The normalized spacial score (nSPS) is 10.4. The molecule has 0 saturated heterocycles. The van der Waals surface area contributed by atoms with Gasteiger partial charge in [0.05, 0.1) is 5.56 Å². The Morgan fingerprint density at radius 1 is 1.13 bits per heavy atom. The number of pyridine rings is 1. The SMILES string of the molecule is CN(C)c1ccc(-c2cncc(C(=O)NCCCCN)c2)cc1. The molecule has 0 unspecified atom stereocenters. The van der Waals surface area contributed by atoms with Gasteiger partial charge in [-0.15, -0.1) is 0 Å². The maximum Gasteiger partial charge on any atom is 0.252 e. The molecule has 1 aromatic heterocycles. The molecule has 122 valence electrons. The van der Waals surface area contributed by atoms with E-state index in [4.69, 9.17) is 5.73 Å². The van der Waals surface area contributed by atoms with Crippen molar-refractivity contribution in [3.63, 3.8) is 0 Å². The number of nitrogens with zero attached hydrogens (tertiary/aromatic N) is 2. The zero-order chi connectivity index (χ0) is 16.7. The summed E-state index contributed by atoms with van der Waals surface area (Å²) in [6, 6.07) is 10.0. The Balaban J connectivity index is 2.08. The van der Waals surface area contributed by atoms with E-state index in [0.29, 0.717) is 18.7 Å². The van der Waals surface area contributed by atoms with Crippen molar-refractivity contribution >= 4 is 11.6 Å². The molecule has 0 radical (unpaired) electrons. The second kappa shape index (κ2) is 8.29. The first-order valence-corrected chi connectivity index (χ1v) is 7.83. The Morgan fingerprint density at radius 2 is 1.87 bits per heavy atom. The van der Waals surface area contributed by atoms with Gasteiger partial charge < -0.3 is 16.0 Å². The zero-order valence-electron chi connectivity index (χ0n) is 13.7. The molecular formula is C18H24N4O. The van der Waals surface area contributed by atoms with Crippen molar-refractivity contribution in [1.29, 1.82) is 0 Å². The number of nitrogens with two attached hydrogens (primary N) is 1. The first-order valence-electron chi connectivity index (χ1n) is 7.83. The summed E-state index contributed by atoms with van der Waals surface area (Å²) in [6.07, 6.45) is 5.17. The highest BCUT2D eigenvalue weighted by Crippen LogP contribution is 2.22. The molecule has 2 aromatic rings. The van der Waals surface area contributed by atoms with Gasteiger partial charge in [-0.3, -0.25) is 9.78 Å². The molecule has 0 aliphatic rings. The van der Waals surface area contributed by atoms with Gasteiger partial charge in [-0.2, -0.15) is 0 Å².